The molecule has 18 heavy (non-hydrogen) atoms. The van der Waals surface area contributed by atoms with Crippen molar-refractivity contribution in [3.8, 4) is 0 Å². The summed E-state index contributed by atoms with van der Waals surface area (Å²) in [5, 5.41) is 0. The molecule has 3 heterocycles. The van der Waals surface area contributed by atoms with Gasteiger partial charge in [0.05, 0.1) is 19.7 Å². The minimum Gasteiger partial charge on any atom is -0.384 e. The summed E-state index contributed by atoms with van der Waals surface area (Å²) < 4.78 is 11.2. The first kappa shape index (κ1) is 12.2. The third-order valence-corrected chi connectivity index (χ3v) is 4.53. The highest BCUT2D eigenvalue weighted by molar-refractivity contribution is 5.76. The molecule has 0 saturated carbocycles. The van der Waals surface area contributed by atoms with Crippen LogP contribution in [0, 0.1) is 5.92 Å². The van der Waals surface area contributed by atoms with Crippen LogP contribution >= 0.6 is 0 Å². The zero-order valence-electron chi connectivity index (χ0n) is 11.1. The smallest absolute Gasteiger partial charge is 0.320 e. The van der Waals surface area contributed by atoms with Gasteiger partial charge in [0, 0.05) is 32.7 Å². The predicted molar refractivity (Wildman–Crippen MR) is 66.4 cm³/mol. The van der Waals surface area contributed by atoms with Gasteiger partial charge < -0.3 is 19.3 Å². The lowest BCUT2D eigenvalue weighted by Gasteiger charge is -2.50. The number of hydrogen-bond acceptors (Lipinski definition) is 3. The quantitative estimate of drug-likeness (QED) is 0.736. The molecule has 3 aliphatic heterocycles. The summed E-state index contributed by atoms with van der Waals surface area (Å²) in [4.78, 5) is 16.1. The van der Waals surface area contributed by atoms with Gasteiger partial charge in [-0.2, -0.15) is 0 Å². The summed E-state index contributed by atoms with van der Waals surface area (Å²) in [5.41, 5.74) is -0.106. The van der Waals surface area contributed by atoms with Crippen LogP contribution in [0.2, 0.25) is 0 Å². The first-order valence-electron chi connectivity index (χ1n) is 6.92. The van der Waals surface area contributed by atoms with E-state index in [2.05, 4.69) is 0 Å². The Hall–Kier alpha value is -0.810. The van der Waals surface area contributed by atoms with Gasteiger partial charge in [0.25, 0.3) is 0 Å². The number of carbonyl (C=O) groups excluding carboxylic acids is 1. The van der Waals surface area contributed by atoms with Gasteiger partial charge in [-0.05, 0) is 19.3 Å². The molecule has 5 heteroatoms. The molecule has 0 N–H and O–H groups in total. The maximum atomic E-state index is 12.2. The standard InChI is InChI=1S/C13H22N2O3/c1-17-8-11-4-7-18-13(11)9-15(10-13)12(16)14-5-2-3-6-14/h11H,2-10H2,1H3/t11-/m1/s1. The van der Waals surface area contributed by atoms with E-state index in [1.54, 1.807) is 7.11 Å². The van der Waals surface area contributed by atoms with E-state index < -0.39 is 0 Å². The summed E-state index contributed by atoms with van der Waals surface area (Å²) in [6, 6.07) is 0.199. The summed E-state index contributed by atoms with van der Waals surface area (Å²) in [5.74, 6) is 0.449. The second-order valence-electron chi connectivity index (χ2n) is 5.69. The Bertz CT molecular complexity index is 322. The monoisotopic (exact) mass is 254 g/mol. The van der Waals surface area contributed by atoms with Crippen molar-refractivity contribution in [3.63, 3.8) is 0 Å². The Kier molecular flexibility index (Phi) is 3.20. The minimum atomic E-state index is -0.106. The molecule has 0 aromatic rings. The highest BCUT2D eigenvalue weighted by Gasteiger charge is 2.55. The van der Waals surface area contributed by atoms with E-state index in [-0.39, 0.29) is 11.6 Å². The van der Waals surface area contributed by atoms with Gasteiger partial charge in [0.1, 0.15) is 5.60 Å². The van der Waals surface area contributed by atoms with Gasteiger partial charge in [-0.15, -0.1) is 0 Å². The van der Waals surface area contributed by atoms with Gasteiger partial charge in [-0.25, -0.2) is 4.79 Å². The fraction of sp³-hybridized carbons (Fsp3) is 0.923. The van der Waals surface area contributed by atoms with Crippen molar-refractivity contribution in [3.05, 3.63) is 0 Å². The number of ether oxygens (including phenoxy) is 2. The Morgan fingerprint density at radius 2 is 2.06 bits per heavy atom. The van der Waals surface area contributed by atoms with Crippen LogP contribution in [-0.4, -0.2) is 67.9 Å². The Balaban J connectivity index is 1.56. The van der Waals surface area contributed by atoms with Crippen molar-refractivity contribution >= 4 is 6.03 Å². The van der Waals surface area contributed by atoms with E-state index in [9.17, 15) is 4.79 Å². The van der Waals surface area contributed by atoms with Crippen LogP contribution in [0.25, 0.3) is 0 Å². The largest absolute Gasteiger partial charge is 0.384 e. The average Bonchev–Trinajstić information content (AvgIpc) is 2.95. The fourth-order valence-electron chi connectivity index (χ4n) is 3.41. The van der Waals surface area contributed by atoms with Crippen LogP contribution in [0.3, 0.4) is 0 Å². The average molecular weight is 254 g/mol. The van der Waals surface area contributed by atoms with E-state index in [0.29, 0.717) is 5.92 Å². The molecule has 3 fully saturated rings. The maximum absolute atomic E-state index is 12.2. The first-order valence-corrected chi connectivity index (χ1v) is 6.92. The molecule has 3 saturated heterocycles. The number of rotatable bonds is 2. The van der Waals surface area contributed by atoms with Crippen LogP contribution in [0.5, 0.6) is 0 Å². The molecule has 2 amide bonds. The Labute approximate surface area is 108 Å². The normalized spacial score (nSPS) is 29.9. The molecule has 0 aliphatic carbocycles. The molecule has 0 unspecified atom stereocenters. The molecule has 3 aliphatic rings. The van der Waals surface area contributed by atoms with Crippen molar-refractivity contribution < 1.29 is 14.3 Å². The lowest BCUT2D eigenvalue weighted by Crippen LogP contribution is -2.68. The number of likely N-dealkylation sites (tertiary alicyclic amines) is 2. The van der Waals surface area contributed by atoms with Crippen molar-refractivity contribution in [1.29, 1.82) is 0 Å². The summed E-state index contributed by atoms with van der Waals surface area (Å²) >= 11 is 0. The lowest BCUT2D eigenvalue weighted by atomic mass is 9.81. The Morgan fingerprint density at radius 1 is 1.33 bits per heavy atom. The number of methoxy groups -OCH3 is 1. The molecule has 1 spiro atoms. The number of amides is 2. The molecule has 0 aromatic heterocycles. The molecule has 0 aromatic carbocycles. The third-order valence-electron chi connectivity index (χ3n) is 4.53. The summed E-state index contributed by atoms with van der Waals surface area (Å²) in [6.07, 6.45) is 3.35. The molecule has 102 valence electrons. The lowest BCUT2D eigenvalue weighted by molar-refractivity contribution is -0.126. The molecule has 0 radical (unpaired) electrons. The van der Waals surface area contributed by atoms with Crippen LogP contribution in [-0.2, 0) is 9.47 Å². The van der Waals surface area contributed by atoms with Gasteiger partial charge >= 0.3 is 6.03 Å². The van der Waals surface area contributed by atoms with Crippen molar-refractivity contribution in [2.75, 3.05) is 46.5 Å². The zero-order valence-corrected chi connectivity index (χ0v) is 11.1. The second-order valence-corrected chi connectivity index (χ2v) is 5.69. The molecular weight excluding hydrogens is 232 g/mol. The molecule has 0 bridgehead atoms. The van der Waals surface area contributed by atoms with Crippen molar-refractivity contribution in [1.82, 2.24) is 9.80 Å². The van der Waals surface area contributed by atoms with E-state index in [1.807, 2.05) is 9.80 Å². The van der Waals surface area contributed by atoms with Crippen LogP contribution in [0.1, 0.15) is 19.3 Å². The number of urea groups is 1. The van der Waals surface area contributed by atoms with E-state index in [0.717, 1.165) is 58.7 Å². The Morgan fingerprint density at radius 3 is 2.72 bits per heavy atom. The number of hydrogen-bond donors (Lipinski definition) is 0. The number of carbonyl (C=O) groups is 1. The van der Waals surface area contributed by atoms with Crippen LogP contribution in [0.15, 0.2) is 0 Å². The highest BCUT2D eigenvalue weighted by Crippen LogP contribution is 2.40. The molecular formula is C13H22N2O3. The van der Waals surface area contributed by atoms with Crippen LogP contribution in [0.4, 0.5) is 4.79 Å². The van der Waals surface area contributed by atoms with E-state index in [1.165, 1.54) is 0 Å². The highest BCUT2D eigenvalue weighted by atomic mass is 16.5. The minimum absolute atomic E-state index is 0.106. The molecule has 1 atom stereocenters. The van der Waals surface area contributed by atoms with Crippen LogP contribution < -0.4 is 0 Å². The van der Waals surface area contributed by atoms with E-state index >= 15 is 0 Å². The topological polar surface area (TPSA) is 42.0 Å². The fourth-order valence-corrected chi connectivity index (χ4v) is 3.41. The first-order chi connectivity index (χ1) is 8.75. The SMILES string of the molecule is COC[C@H]1CCOC12CN(C(=O)N1CCCC1)C2. The summed E-state index contributed by atoms with van der Waals surface area (Å²) in [7, 11) is 1.73. The van der Waals surface area contributed by atoms with E-state index in [4.69, 9.17) is 9.47 Å². The van der Waals surface area contributed by atoms with Gasteiger partial charge in [-0.3, -0.25) is 0 Å². The second kappa shape index (κ2) is 4.70. The maximum Gasteiger partial charge on any atom is 0.320 e. The van der Waals surface area contributed by atoms with Gasteiger partial charge in [-0.1, -0.05) is 0 Å². The molecule has 5 nitrogen and oxygen atoms in total. The van der Waals surface area contributed by atoms with Gasteiger partial charge in [0.2, 0.25) is 0 Å². The number of nitrogens with zero attached hydrogens (tertiary/aromatic N) is 2. The summed E-state index contributed by atoms with van der Waals surface area (Å²) in [6.45, 7) is 4.88. The van der Waals surface area contributed by atoms with Gasteiger partial charge in [0.15, 0.2) is 0 Å². The zero-order chi connectivity index (χ0) is 12.6. The molecule has 3 rings (SSSR count). The predicted octanol–water partition coefficient (Wildman–Crippen LogP) is 0.939. The third kappa shape index (κ3) is 1.89. The van der Waals surface area contributed by atoms with Crippen molar-refractivity contribution in [2.45, 2.75) is 24.9 Å². The van der Waals surface area contributed by atoms with Crippen molar-refractivity contribution in [2.24, 2.45) is 5.92 Å².